The predicted octanol–water partition coefficient (Wildman–Crippen LogP) is 7.77. The topological polar surface area (TPSA) is 15.8 Å². The predicted molar refractivity (Wildman–Crippen MR) is 119 cm³/mol. The van der Waals surface area contributed by atoms with Gasteiger partial charge in [-0.05, 0) is 36.6 Å². The normalized spacial score (nSPS) is 11.3. The molecule has 0 unspecified atom stereocenters. The first kappa shape index (κ1) is 19.6. The summed E-state index contributed by atoms with van der Waals surface area (Å²) in [7, 11) is 0. The van der Waals surface area contributed by atoms with Crippen LogP contribution in [0.3, 0.4) is 0 Å². The summed E-state index contributed by atoms with van der Waals surface area (Å²) in [5.74, 6) is 2.84. The molecule has 0 aliphatic carbocycles. The molecule has 1 aromatic heterocycles. The number of aromatic amines is 1. The molecule has 3 rings (SSSR count). The van der Waals surface area contributed by atoms with Gasteiger partial charge in [0.25, 0.3) is 0 Å². The Kier molecular flexibility index (Phi) is 7.40. The molecule has 1 nitrogen and oxygen atoms in total. The summed E-state index contributed by atoms with van der Waals surface area (Å²) in [5, 5.41) is 2.54. The minimum atomic E-state index is 0.995. The number of nitrogens with one attached hydrogen (secondary N) is 1. The van der Waals surface area contributed by atoms with E-state index < -0.39 is 0 Å². The second kappa shape index (κ2) is 10.2. The smallest absolute Gasteiger partial charge is 0.0498 e. The zero-order chi connectivity index (χ0) is 18.9. The number of hydrogen-bond acceptors (Lipinski definition) is 0. The van der Waals surface area contributed by atoms with Gasteiger partial charge in [-0.15, -0.1) is 6.42 Å². The van der Waals surface area contributed by atoms with Crippen LogP contribution < -0.4 is 0 Å². The van der Waals surface area contributed by atoms with Crippen LogP contribution >= 0.6 is 0 Å². The Hall–Kier alpha value is -2.20. The van der Waals surface area contributed by atoms with E-state index in [4.69, 9.17) is 6.42 Å². The van der Waals surface area contributed by atoms with Crippen LogP contribution in [0.25, 0.3) is 21.8 Å². The van der Waals surface area contributed by atoms with Crippen LogP contribution in [0, 0.1) is 12.3 Å². The summed E-state index contributed by atoms with van der Waals surface area (Å²) < 4.78 is 0. The highest BCUT2D eigenvalue weighted by molar-refractivity contribution is 6.08. The van der Waals surface area contributed by atoms with E-state index in [-0.39, 0.29) is 0 Å². The lowest BCUT2D eigenvalue weighted by Crippen LogP contribution is -1.90. The summed E-state index contributed by atoms with van der Waals surface area (Å²) in [6.07, 6.45) is 20.5. The van der Waals surface area contributed by atoms with Crippen molar-refractivity contribution in [3.05, 3.63) is 47.5 Å². The van der Waals surface area contributed by atoms with Gasteiger partial charge in [0.15, 0.2) is 0 Å². The number of unbranched alkanes of at least 4 members (excludes halogenated alkanes) is 9. The molecule has 27 heavy (non-hydrogen) atoms. The van der Waals surface area contributed by atoms with Gasteiger partial charge < -0.3 is 4.98 Å². The van der Waals surface area contributed by atoms with Crippen LogP contribution in [0.1, 0.15) is 82.3 Å². The molecule has 0 spiro atoms. The van der Waals surface area contributed by atoms with Gasteiger partial charge in [-0.1, -0.05) is 88.8 Å². The number of para-hydroxylation sites is 1. The molecule has 0 saturated heterocycles. The third-order valence-electron chi connectivity index (χ3n) is 5.66. The summed E-state index contributed by atoms with van der Waals surface area (Å²) in [4.78, 5) is 3.61. The standard InChI is InChI=1S/C26H33N/c1-3-5-6-7-8-9-10-11-12-13-16-22-19-21(4-2)20-24-23-17-14-15-18-25(23)27-26(22)24/h2,14-15,17-20,27H,3,5-13,16H2,1H3. The highest BCUT2D eigenvalue weighted by Crippen LogP contribution is 2.29. The van der Waals surface area contributed by atoms with Crippen molar-refractivity contribution < 1.29 is 0 Å². The van der Waals surface area contributed by atoms with Crippen molar-refractivity contribution in [2.75, 3.05) is 0 Å². The fourth-order valence-corrected chi connectivity index (χ4v) is 4.11. The van der Waals surface area contributed by atoms with E-state index in [0.717, 1.165) is 12.0 Å². The minimum absolute atomic E-state index is 0.995. The summed E-state index contributed by atoms with van der Waals surface area (Å²) in [6.45, 7) is 2.28. The van der Waals surface area contributed by atoms with Gasteiger partial charge in [0.2, 0.25) is 0 Å². The molecule has 0 amide bonds. The largest absolute Gasteiger partial charge is 0.354 e. The fourth-order valence-electron chi connectivity index (χ4n) is 4.11. The van der Waals surface area contributed by atoms with Crippen molar-refractivity contribution in [2.24, 2.45) is 0 Å². The molecule has 0 fully saturated rings. The van der Waals surface area contributed by atoms with Gasteiger partial charge in [-0.2, -0.15) is 0 Å². The highest BCUT2D eigenvalue weighted by atomic mass is 14.7. The summed E-state index contributed by atoms with van der Waals surface area (Å²) >= 11 is 0. The number of rotatable bonds is 11. The number of benzene rings is 2. The molecule has 1 heterocycles. The van der Waals surface area contributed by atoms with Crippen molar-refractivity contribution in [2.45, 2.75) is 77.6 Å². The van der Waals surface area contributed by atoms with Crippen LogP contribution in [-0.2, 0) is 6.42 Å². The van der Waals surface area contributed by atoms with Crippen molar-refractivity contribution in [1.29, 1.82) is 0 Å². The lowest BCUT2D eigenvalue weighted by Gasteiger charge is -2.06. The number of aryl methyl sites for hydroxylation is 1. The van der Waals surface area contributed by atoms with Crippen molar-refractivity contribution in [3.63, 3.8) is 0 Å². The number of aromatic nitrogens is 1. The lowest BCUT2D eigenvalue weighted by molar-refractivity contribution is 0.556. The van der Waals surface area contributed by atoms with E-state index in [0.29, 0.717) is 0 Å². The first-order valence-corrected chi connectivity index (χ1v) is 10.8. The van der Waals surface area contributed by atoms with E-state index >= 15 is 0 Å². The lowest BCUT2D eigenvalue weighted by atomic mass is 9.99. The highest BCUT2D eigenvalue weighted by Gasteiger charge is 2.09. The average molecular weight is 360 g/mol. The quantitative estimate of drug-likeness (QED) is 0.266. The van der Waals surface area contributed by atoms with Gasteiger partial charge in [0.1, 0.15) is 0 Å². The van der Waals surface area contributed by atoms with Crippen LogP contribution in [0.15, 0.2) is 36.4 Å². The number of fused-ring (bicyclic) bond motifs is 3. The molecule has 0 saturated carbocycles. The van der Waals surface area contributed by atoms with Crippen molar-refractivity contribution >= 4 is 21.8 Å². The maximum atomic E-state index is 5.72. The first-order valence-electron chi connectivity index (χ1n) is 10.8. The first-order chi connectivity index (χ1) is 13.3. The van der Waals surface area contributed by atoms with Crippen molar-refractivity contribution in [1.82, 2.24) is 4.98 Å². The average Bonchev–Trinajstić information content (AvgIpc) is 3.08. The Morgan fingerprint density at radius 1 is 0.815 bits per heavy atom. The fraction of sp³-hybridized carbons (Fsp3) is 0.462. The van der Waals surface area contributed by atoms with Crippen molar-refractivity contribution in [3.8, 4) is 12.3 Å². The van der Waals surface area contributed by atoms with Gasteiger partial charge in [0, 0.05) is 27.4 Å². The molecule has 142 valence electrons. The van der Waals surface area contributed by atoms with E-state index in [1.165, 1.54) is 91.6 Å². The van der Waals surface area contributed by atoms with E-state index in [1.807, 2.05) is 0 Å². The van der Waals surface area contributed by atoms with Crippen LogP contribution in [-0.4, -0.2) is 4.98 Å². The third kappa shape index (κ3) is 5.16. The molecular formula is C26H33N. The molecule has 3 aromatic rings. The maximum absolute atomic E-state index is 5.72. The third-order valence-corrected chi connectivity index (χ3v) is 5.66. The Morgan fingerprint density at radius 2 is 1.48 bits per heavy atom. The molecule has 0 bridgehead atoms. The Balaban J connectivity index is 1.53. The summed E-state index contributed by atoms with van der Waals surface area (Å²) in [5.41, 5.74) is 4.84. The molecule has 0 aliphatic rings. The van der Waals surface area contributed by atoms with E-state index in [1.54, 1.807) is 0 Å². The van der Waals surface area contributed by atoms with E-state index in [2.05, 4.69) is 54.2 Å². The molecule has 0 aliphatic heterocycles. The molecule has 0 radical (unpaired) electrons. The van der Waals surface area contributed by atoms with Gasteiger partial charge in [-0.25, -0.2) is 0 Å². The molecule has 0 atom stereocenters. The molecular weight excluding hydrogens is 326 g/mol. The van der Waals surface area contributed by atoms with E-state index in [9.17, 15) is 0 Å². The Labute approximate surface area is 164 Å². The van der Waals surface area contributed by atoms with Gasteiger partial charge >= 0.3 is 0 Å². The van der Waals surface area contributed by atoms with Crippen LogP contribution in [0.2, 0.25) is 0 Å². The Bertz CT molecular complexity index is 894. The molecule has 2 aromatic carbocycles. The number of H-pyrrole nitrogens is 1. The number of terminal acetylenes is 1. The number of hydrogen-bond donors (Lipinski definition) is 1. The SMILES string of the molecule is C#Cc1cc(CCCCCCCCCCCC)c2[nH]c3ccccc3c2c1. The Morgan fingerprint density at radius 3 is 2.19 bits per heavy atom. The second-order valence-corrected chi connectivity index (χ2v) is 7.80. The van der Waals surface area contributed by atoms with Gasteiger partial charge in [0.05, 0.1) is 0 Å². The van der Waals surface area contributed by atoms with Crippen LogP contribution in [0.4, 0.5) is 0 Å². The maximum Gasteiger partial charge on any atom is 0.0498 e. The monoisotopic (exact) mass is 359 g/mol. The van der Waals surface area contributed by atoms with Gasteiger partial charge in [-0.3, -0.25) is 0 Å². The molecule has 1 N–H and O–H groups in total. The molecule has 1 heteroatoms. The minimum Gasteiger partial charge on any atom is -0.354 e. The zero-order valence-electron chi connectivity index (χ0n) is 16.8. The van der Waals surface area contributed by atoms with Crippen LogP contribution in [0.5, 0.6) is 0 Å². The second-order valence-electron chi connectivity index (χ2n) is 7.80. The summed E-state index contributed by atoms with van der Waals surface area (Å²) in [6, 6.07) is 12.9. The zero-order valence-corrected chi connectivity index (χ0v) is 16.8.